The van der Waals surface area contributed by atoms with Crippen molar-refractivity contribution in [2.75, 3.05) is 13.1 Å². The molecule has 5 heterocycles. The molecule has 0 spiro atoms. The summed E-state index contributed by atoms with van der Waals surface area (Å²) in [5.41, 5.74) is 1.87. The molecule has 2 unspecified atom stereocenters. The van der Waals surface area contributed by atoms with Gasteiger partial charge in [-0.05, 0) is 38.3 Å². The maximum Gasteiger partial charge on any atom is 0.326 e. The van der Waals surface area contributed by atoms with Crippen LogP contribution < -0.4 is 27.0 Å². The molecule has 11 nitrogen and oxygen atoms in total. The first-order chi connectivity index (χ1) is 16.5. The second-order valence-corrected chi connectivity index (χ2v) is 10.0. The van der Waals surface area contributed by atoms with E-state index in [0.29, 0.717) is 22.8 Å². The van der Waals surface area contributed by atoms with Gasteiger partial charge in [0.15, 0.2) is 11.1 Å². The molecule has 0 radical (unpaired) electrons. The summed E-state index contributed by atoms with van der Waals surface area (Å²) in [4.78, 5) is 39.5. The van der Waals surface area contributed by atoms with Crippen molar-refractivity contribution < 1.29 is 9.90 Å². The van der Waals surface area contributed by atoms with Gasteiger partial charge in [0, 0.05) is 23.9 Å². The Morgan fingerprint density at radius 2 is 2.21 bits per heavy atom. The van der Waals surface area contributed by atoms with E-state index in [1.54, 1.807) is 16.8 Å². The molecule has 2 atom stereocenters. The van der Waals surface area contributed by atoms with Crippen LogP contribution in [0.1, 0.15) is 42.3 Å². The van der Waals surface area contributed by atoms with Gasteiger partial charge in [0.2, 0.25) is 5.88 Å². The van der Waals surface area contributed by atoms with Gasteiger partial charge in [-0.1, -0.05) is 6.08 Å². The molecule has 176 valence electrons. The molecule has 3 aliphatic rings. The fraction of sp³-hybridized carbons (Fsp3) is 0.409. The van der Waals surface area contributed by atoms with Crippen LogP contribution in [0.5, 0.6) is 5.88 Å². The smallest absolute Gasteiger partial charge is 0.326 e. The van der Waals surface area contributed by atoms with Crippen LogP contribution in [0.2, 0.25) is 0 Å². The zero-order valence-corrected chi connectivity index (χ0v) is 19.1. The average Bonchev–Trinajstić information content (AvgIpc) is 3.24. The second kappa shape index (κ2) is 8.44. The number of carbonyl (C=O) groups excluding carboxylic acids is 1. The van der Waals surface area contributed by atoms with E-state index < -0.39 is 5.69 Å². The van der Waals surface area contributed by atoms with Gasteiger partial charge in [0.05, 0.1) is 28.1 Å². The average molecular weight is 481 g/mol. The number of aromatic nitrogens is 5. The van der Waals surface area contributed by atoms with Crippen molar-refractivity contribution in [1.82, 2.24) is 35.2 Å². The van der Waals surface area contributed by atoms with Crippen molar-refractivity contribution in [2.24, 2.45) is 4.99 Å². The molecule has 1 aliphatic carbocycles. The third kappa shape index (κ3) is 4.14. The van der Waals surface area contributed by atoms with E-state index in [-0.39, 0.29) is 34.8 Å². The molecule has 1 saturated heterocycles. The summed E-state index contributed by atoms with van der Waals surface area (Å²) in [6.07, 6.45) is 8.99. The molecule has 5 N–H and O–H groups in total. The number of nitrogens with zero attached hydrogens (tertiary/aromatic N) is 4. The molecular weight excluding hydrogens is 456 g/mol. The third-order valence-electron chi connectivity index (χ3n) is 6.13. The topological polar surface area (TPSA) is 153 Å². The molecule has 2 aliphatic heterocycles. The van der Waals surface area contributed by atoms with Gasteiger partial charge in [0.25, 0.3) is 5.91 Å². The second-order valence-electron chi connectivity index (χ2n) is 8.79. The van der Waals surface area contributed by atoms with Gasteiger partial charge in [0.1, 0.15) is 5.69 Å². The minimum atomic E-state index is -0.495. The Bertz CT molecular complexity index is 1480. The number of aromatic amines is 2. The Hall–Kier alpha value is -3.38. The molecule has 1 amide bonds. The normalized spacial score (nSPS) is 23.7. The van der Waals surface area contributed by atoms with Crippen molar-refractivity contribution in [2.45, 2.75) is 43.0 Å². The number of fused-ring (bicyclic) bond motifs is 1. The number of hydrogen-bond acceptors (Lipinski definition) is 8. The predicted molar refractivity (Wildman–Crippen MR) is 126 cm³/mol. The van der Waals surface area contributed by atoms with Gasteiger partial charge < -0.3 is 20.7 Å². The number of nitrogens with one attached hydrogen (secondary N) is 4. The monoisotopic (exact) mass is 480 g/mol. The summed E-state index contributed by atoms with van der Waals surface area (Å²) >= 11 is 1.52. The van der Waals surface area contributed by atoms with E-state index in [1.807, 2.05) is 12.1 Å². The fourth-order valence-corrected chi connectivity index (χ4v) is 5.30. The van der Waals surface area contributed by atoms with Crippen molar-refractivity contribution in [3.8, 4) is 5.88 Å². The Labute approximate surface area is 197 Å². The van der Waals surface area contributed by atoms with E-state index in [9.17, 15) is 14.7 Å². The highest BCUT2D eigenvalue weighted by atomic mass is 32.2. The highest BCUT2D eigenvalue weighted by molar-refractivity contribution is 8.04. The molecule has 1 saturated carbocycles. The van der Waals surface area contributed by atoms with Crippen LogP contribution in [0.3, 0.4) is 0 Å². The number of thioether (sulfide) groups is 1. The van der Waals surface area contributed by atoms with E-state index in [4.69, 9.17) is 9.98 Å². The molecule has 3 aromatic heterocycles. The number of carbonyl (C=O) groups is 1. The Balaban J connectivity index is 1.34. The van der Waals surface area contributed by atoms with Crippen molar-refractivity contribution in [3.05, 3.63) is 55.8 Å². The highest BCUT2D eigenvalue weighted by Crippen LogP contribution is 2.42. The standard InChI is InChI=1S/C22H24N8O3S/c31-20-15(28-22(33)29-20)7-11-9-24-30-18(25-12-1-2-12)8-14(27-19(11)30)16-3-4-17(34-16)21(32)26-13-5-6-23-10-13/h4,7-9,12-13,16,23,31H,1-3,5-6,10H2,(H,26,32)(H2,28,29,33). The van der Waals surface area contributed by atoms with Crippen molar-refractivity contribution in [1.29, 1.82) is 0 Å². The molecule has 3 aromatic rings. The maximum absolute atomic E-state index is 12.7. The van der Waals surface area contributed by atoms with Gasteiger partial charge in [-0.25, -0.2) is 9.78 Å². The number of H-pyrrole nitrogens is 2. The molecule has 2 fully saturated rings. The predicted octanol–water partition coefficient (Wildman–Crippen LogP) is -0.398. The lowest BCUT2D eigenvalue weighted by Gasteiger charge is -2.13. The van der Waals surface area contributed by atoms with Crippen LogP contribution in [-0.2, 0) is 4.79 Å². The van der Waals surface area contributed by atoms with Crippen LogP contribution in [0.4, 0.5) is 0 Å². The lowest BCUT2D eigenvalue weighted by molar-refractivity contribution is -0.117. The first kappa shape index (κ1) is 21.2. The van der Waals surface area contributed by atoms with Crippen molar-refractivity contribution in [3.63, 3.8) is 0 Å². The van der Waals surface area contributed by atoms with Crippen LogP contribution >= 0.6 is 11.8 Å². The van der Waals surface area contributed by atoms with Gasteiger partial charge >= 0.3 is 5.69 Å². The van der Waals surface area contributed by atoms with Crippen molar-refractivity contribution >= 4 is 29.4 Å². The highest BCUT2D eigenvalue weighted by Gasteiger charge is 2.28. The first-order valence-corrected chi connectivity index (χ1v) is 12.3. The fourth-order valence-electron chi connectivity index (χ4n) is 4.20. The lowest BCUT2D eigenvalue weighted by Crippen LogP contribution is -2.36. The quantitative estimate of drug-likeness (QED) is 0.333. The Morgan fingerprint density at radius 3 is 2.94 bits per heavy atom. The summed E-state index contributed by atoms with van der Waals surface area (Å²) in [5, 5.41) is 21.4. The molecular formula is C22H24N8O3S. The largest absolute Gasteiger partial charge is 0.493 e. The summed E-state index contributed by atoms with van der Waals surface area (Å²) in [7, 11) is 0. The van der Waals surface area contributed by atoms with Gasteiger partial charge in [-0.3, -0.25) is 14.8 Å². The maximum atomic E-state index is 12.7. The SMILES string of the molecule is O=C(NC1CCNC1)C1=CCC(c2cc(=NC3CC3)n3ncc(=Cc4[nH]c(=O)[nH]c4O)c3n2)S1. The van der Waals surface area contributed by atoms with Crippen LogP contribution in [0, 0.1) is 0 Å². The summed E-state index contributed by atoms with van der Waals surface area (Å²) in [6, 6.07) is 2.41. The van der Waals surface area contributed by atoms with Gasteiger partial charge in [-0.15, -0.1) is 11.8 Å². The minimum Gasteiger partial charge on any atom is -0.493 e. The first-order valence-electron chi connectivity index (χ1n) is 11.4. The number of imidazole rings is 1. The Kier molecular flexibility index (Phi) is 5.26. The van der Waals surface area contributed by atoms with Gasteiger partial charge in [-0.2, -0.15) is 9.61 Å². The molecule has 6 rings (SSSR count). The summed E-state index contributed by atoms with van der Waals surface area (Å²) in [6.45, 7) is 1.73. The molecule has 0 bridgehead atoms. The zero-order valence-electron chi connectivity index (χ0n) is 18.2. The van der Waals surface area contributed by atoms with E-state index in [2.05, 4.69) is 25.7 Å². The number of rotatable bonds is 5. The molecule has 0 aromatic carbocycles. The lowest BCUT2D eigenvalue weighted by atomic mass is 10.2. The summed E-state index contributed by atoms with van der Waals surface area (Å²) in [5.74, 6) is -0.275. The van der Waals surface area contributed by atoms with Crippen LogP contribution in [-0.4, -0.2) is 60.8 Å². The van der Waals surface area contributed by atoms with Crippen LogP contribution in [0.25, 0.3) is 11.7 Å². The third-order valence-corrected chi connectivity index (χ3v) is 7.46. The molecule has 34 heavy (non-hydrogen) atoms. The van der Waals surface area contributed by atoms with Crippen LogP contribution in [0.15, 0.2) is 33.0 Å². The summed E-state index contributed by atoms with van der Waals surface area (Å²) < 4.78 is 1.68. The minimum absolute atomic E-state index is 0.0103. The Morgan fingerprint density at radius 1 is 1.32 bits per heavy atom. The number of aromatic hydroxyl groups is 1. The van der Waals surface area contributed by atoms with E-state index >= 15 is 0 Å². The number of allylic oxidation sites excluding steroid dienone is 1. The van der Waals surface area contributed by atoms with E-state index in [0.717, 1.165) is 43.0 Å². The van der Waals surface area contributed by atoms with E-state index in [1.165, 1.54) is 11.8 Å². The number of hydrogen-bond donors (Lipinski definition) is 5. The molecule has 12 heteroatoms. The zero-order chi connectivity index (χ0) is 23.2. The number of amides is 1.